The number of hydrogen-bond donors (Lipinski definition) is 2. The van der Waals surface area contributed by atoms with Gasteiger partial charge in [-0.25, -0.2) is 0 Å². The Kier molecular flexibility index (Phi) is 16.1. The van der Waals surface area contributed by atoms with Crippen molar-refractivity contribution in [2.24, 2.45) is 0 Å². The molecule has 4 heteroatoms. The molecule has 152 valence electrons. The monoisotopic (exact) mass is 394 g/mol. The highest BCUT2D eigenvalue weighted by atomic mass is 35.5. The van der Waals surface area contributed by atoms with Gasteiger partial charge in [-0.3, -0.25) is 0 Å². The lowest BCUT2D eigenvalue weighted by molar-refractivity contribution is -0.00000835. The summed E-state index contributed by atoms with van der Waals surface area (Å²) in [6.07, 6.45) is 20.9. The molecule has 0 aromatic carbocycles. The van der Waals surface area contributed by atoms with E-state index < -0.39 is 7.26 Å². The number of rotatable bonds is 14. The molecular weight excluding hydrogens is 351 g/mol. The summed E-state index contributed by atoms with van der Waals surface area (Å²) in [6.45, 7) is 4.52. The van der Waals surface area contributed by atoms with Gasteiger partial charge in [0, 0.05) is 12.8 Å². The summed E-state index contributed by atoms with van der Waals surface area (Å²) in [5.74, 6) is -0.347. The summed E-state index contributed by atoms with van der Waals surface area (Å²) >= 11 is 0. The highest BCUT2D eigenvalue weighted by Crippen LogP contribution is 2.70. The fourth-order valence-corrected chi connectivity index (χ4v) is 9.11. The van der Waals surface area contributed by atoms with E-state index in [4.69, 9.17) is 0 Å². The Balaban J connectivity index is 0.00000576. The van der Waals surface area contributed by atoms with Crippen molar-refractivity contribution < 1.29 is 22.6 Å². The first kappa shape index (κ1) is 25.6. The molecule has 0 aliphatic carbocycles. The van der Waals surface area contributed by atoms with Crippen LogP contribution in [0, 0.1) is 0 Å². The van der Waals surface area contributed by atoms with Crippen LogP contribution in [-0.2, 0) is 0 Å². The quantitative estimate of drug-likeness (QED) is 0.349. The van der Waals surface area contributed by atoms with Crippen LogP contribution in [0.1, 0.15) is 110 Å². The minimum Gasteiger partial charge on any atom is -1.00 e. The van der Waals surface area contributed by atoms with E-state index in [9.17, 15) is 10.2 Å². The zero-order valence-corrected chi connectivity index (χ0v) is 18.5. The van der Waals surface area contributed by atoms with Gasteiger partial charge in [0.2, 0.25) is 0 Å². The van der Waals surface area contributed by atoms with Gasteiger partial charge < -0.3 is 22.6 Å². The average Bonchev–Trinajstić information content (AvgIpc) is 2.58. The Labute approximate surface area is 164 Å². The molecule has 1 heterocycles. The first-order valence-corrected chi connectivity index (χ1v) is 13.2. The van der Waals surface area contributed by atoms with Gasteiger partial charge in [0.1, 0.15) is 0 Å². The van der Waals surface area contributed by atoms with Crippen molar-refractivity contribution in [1.29, 1.82) is 0 Å². The van der Waals surface area contributed by atoms with Crippen molar-refractivity contribution in [2.45, 2.75) is 122 Å². The molecule has 1 aliphatic rings. The van der Waals surface area contributed by atoms with Crippen LogP contribution in [0.3, 0.4) is 0 Å². The van der Waals surface area contributed by atoms with E-state index in [1.54, 1.807) is 0 Å². The smallest absolute Gasteiger partial charge is 0.166 e. The van der Waals surface area contributed by atoms with Gasteiger partial charge in [-0.2, -0.15) is 0 Å². The molecule has 0 bridgehead atoms. The van der Waals surface area contributed by atoms with Crippen molar-refractivity contribution in [3.8, 4) is 0 Å². The molecule has 2 unspecified atom stereocenters. The molecule has 0 saturated carbocycles. The third-order valence-electron chi connectivity index (χ3n) is 5.97. The topological polar surface area (TPSA) is 40.5 Å². The van der Waals surface area contributed by atoms with Crippen LogP contribution in [-0.4, -0.2) is 34.2 Å². The fraction of sp³-hybridized carbons (Fsp3) is 1.00. The normalized spacial score (nSPS) is 22.6. The van der Waals surface area contributed by atoms with Gasteiger partial charge in [-0.05, 0) is 32.1 Å². The predicted octanol–water partition coefficient (Wildman–Crippen LogP) is 3.55. The first-order valence-electron chi connectivity index (χ1n) is 10.9. The molecule has 0 amide bonds. The predicted molar refractivity (Wildman–Crippen MR) is 109 cm³/mol. The molecule has 2 N–H and O–H groups in total. The summed E-state index contributed by atoms with van der Waals surface area (Å²) in [6, 6.07) is 0. The van der Waals surface area contributed by atoms with E-state index in [-0.39, 0.29) is 24.1 Å². The van der Waals surface area contributed by atoms with E-state index in [1.165, 1.54) is 77.0 Å². The Morgan fingerprint density at radius 2 is 1.00 bits per heavy atom. The maximum atomic E-state index is 10.8. The molecule has 2 atom stereocenters. The van der Waals surface area contributed by atoms with E-state index in [0.29, 0.717) is 0 Å². The highest BCUT2D eigenvalue weighted by molar-refractivity contribution is 7.76. The molecule has 1 fully saturated rings. The molecule has 1 aliphatic heterocycles. The van der Waals surface area contributed by atoms with Crippen molar-refractivity contribution in [3.63, 3.8) is 0 Å². The molecule has 25 heavy (non-hydrogen) atoms. The van der Waals surface area contributed by atoms with Crippen LogP contribution in [0.25, 0.3) is 0 Å². The van der Waals surface area contributed by atoms with Crippen LogP contribution < -0.4 is 12.4 Å². The van der Waals surface area contributed by atoms with Gasteiger partial charge in [0.25, 0.3) is 0 Å². The first-order chi connectivity index (χ1) is 11.7. The Morgan fingerprint density at radius 1 is 0.640 bits per heavy atom. The van der Waals surface area contributed by atoms with E-state index in [2.05, 4.69) is 13.8 Å². The zero-order valence-electron chi connectivity index (χ0n) is 16.9. The zero-order chi connectivity index (χ0) is 17.7. The molecule has 0 spiro atoms. The molecule has 0 aromatic rings. The lowest BCUT2D eigenvalue weighted by Gasteiger charge is -2.39. The average molecular weight is 395 g/mol. The maximum absolute atomic E-state index is 10.8. The maximum Gasteiger partial charge on any atom is 0.166 e. The van der Waals surface area contributed by atoms with Crippen molar-refractivity contribution in [1.82, 2.24) is 0 Å². The van der Waals surface area contributed by atoms with Gasteiger partial charge in [-0.1, -0.05) is 65.2 Å². The van der Waals surface area contributed by atoms with E-state index >= 15 is 0 Å². The summed E-state index contributed by atoms with van der Waals surface area (Å²) < 4.78 is 0. The minimum absolute atomic E-state index is 0. The van der Waals surface area contributed by atoms with Crippen molar-refractivity contribution in [3.05, 3.63) is 0 Å². The van der Waals surface area contributed by atoms with E-state index in [0.717, 1.165) is 31.6 Å². The highest BCUT2D eigenvalue weighted by Gasteiger charge is 2.52. The number of aliphatic hydroxyl groups is 2. The second-order valence-electron chi connectivity index (χ2n) is 7.98. The molecule has 1 saturated heterocycles. The molecule has 0 aromatic heterocycles. The van der Waals surface area contributed by atoms with E-state index in [1.807, 2.05) is 0 Å². The summed E-state index contributed by atoms with van der Waals surface area (Å²) in [5, 5.41) is 21.5. The Morgan fingerprint density at radius 3 is 1.40 bits per heavy atom. The third-order valence-corrected chi connectivity index (χ3v) is 11.2. The van der Waals surface area contributed by atoms with Gasteiger partial charge >= 0.3 is 0 Å². The lowest BCUT2D eigenvalue weighted by Crippen LogP contribution is -3.00. The van der Waals surface area contributed by atoms with Gasteiger partial charge in [0.05, 0.1) is 19.6 Å². The third kappa shape index (κ3) is 9.41. The minimum atomic E-state index is -1.57. The number of hydrogen-bond acceptors (Lipinski definition) is 2. The number of aliphatic hydroxyl groups excluding tert-OH is 2. The second-order valence-corrected chi connectivity index (χ2v) is 12.3. The van der Waals surface area contributed by atoms with Crippen molar-refractivity contribution >= 4 is 7.26 Å². The summed E-state index contributed by atoms with van der Waals surface area (Å²) in [5.41, 5.74) is 0. The molecular formula is C21H44ClO2P. The molecule has 0 radical (unpaired) electrons. The van der Waals surface area contributed by atoms with Crippen LogP contribution in [0.2, 0.25) is 0 Å². The number of halogens is 1. The Bertz CT molecular complexity index is 274. The SMILES string of the molecule is CCCCCCCC[P+]1(CCCCCCCC)C(O)CCCC1O.[Cl-]. The van der Waals surface area contributed by atoms with Crippen molar-refractivity contribution in [2.75, 3.05) is 12.3 Å². The number of unbranched alkanes of at least 4 members (excludes halogenated alkanes) is 10. The van der Waals surface area contributed by atoms with Crippen LogP contribution in [0.4, 0.5) is 0 Å². The second kappa shape index (κ2) is 15.7. The standard InChI is InChI=1S/C21H44O2P.ClH/c1-3-5-7-9-11-13-18-24(19-14-12-10-8-6-4-2)20(22)16-15-17-21(24)23;/h20-23H,3-19H2,1-2H3;1H/q+1;/p-1. The largest absolute Gasteiger partial charge is 1.00 e. The summed E-state index contributed by atoms with van der Waals surface area (Å²) in [4.78, 5) is 0. The molecule has 2 nitrogen and oxygen atoms in total. The Hall–Kier alpha value is 0.640. The lowest BCUT2D eigenvalue weighted by atomic mass is 10.1. The van der Waals surface area contributed by atoms with Crippen LogP contribution in [0.15, 0.2) is 0 Å². The fourth-order valence-electron chi connectivity index (χ4n) is 4.28. The van der Waals surface area contributed by atoms with Crippen LogP contribution >= 0.6 is 7.26 Å². The van der Waals surface area contributed by atoms with Gasteiger partial charge in [0.15, 0.2) is 11.7 Å². The summed E-state index contributed by atoms with van der Waals surface area (Å²) in [7, 11) is -1.57. The van der Waals surface area contributed by atoms with Gasteiger partial charge in [-0.15, -0.1) is 0 Å². The van der Waals surface area contributed by atoms with Crippen LogP contribution in [0.5, 0.6) is 0 Å². The molecule has 1 rings (SSSR count).